The molecule has 0 unspecified atom stereocenters. The van der Waals surface area contributed by atoms with Gasteiger partial charge in [0.1, 0.15) is 17.3 Å². The number of rotatable bonds is 8. The number of hydrogen-bond acceptors (Lipinski definition) is 10. The number of benzene rings is 4. The van der Waals surface area contributed by atoms with Crippen LogP contribution in [0.1, 0.15) is 45.0 Å². The summed E-state index contributed by atoms with van der Waals surface area (Å²) >= 11 is 0. The molecule has 13 heteroatoms. The van der Waals surface area contributed by atoms with Gasteiger partial charge < -0.3 is 10.2 Å². The minimum absolute atomic E-state index is 0.0743. The average Bonchev–Trinajstić information content (AvgIpc) is 3.64. The fraction of sp³-hybridized carbons (Fsp3) is 0.0968. The Bertz CT molecular complexity index is 1890. The van der Waals surface area contributed by atoms with E-state index >= 15 is 0 Å². The molecular formula is C31H25FN10O2. The zero-order chi connectivity index (χ0) is 30.7. The van der Waals surface area contributed by atoms with Crippen LogP contribution in [0.25, 0.3) is 0 Å². The summed E-state index contributed by atoms with van der Waals surface area (Å²) in [6.45, 7) is 3.43. The van der Waals surface area contributed by atoms with Crippen LogP contribution in [0.3, 0.4) is 0 Å². The first kappa shape index (κ1) is 28.0. The number of phenols is 2. The molecule has 0 aliphatic carbocycles. The molecule has 0 saturated carbocycles. The second kappa shape index (κ2) is 11.6. The minimum atomic E-state index is -1.27. The van der Waals surface area contributed by atoms with E-state index in [4.69, 9.17) is 0 Å². The van der Waals surface area contributed by atoms with Gasteiger partial charge in [-0.05, 0) is 81.2 Å². The molecule has 2 heterocycles. The topological polar surface area (TPSA) is 152 Å². The van der Waals surface area contributed by atoms with Crippen LogP contribution in [0.15, 0.2) is 101 Å². The Morgan fingerprint density at radius 3 is 1.57 bits per heavy atom. The summed E-state index contributed by atoms with van der Waals surface area (Å²) in [6.07, 6.45) is 3.04. The highest BCUT2D eigenvalue weighted by molar-refractivity contribution is 5.82. The van der Waals surface area contributed by atoms with Gasteiger partial charge >= 0.3 is 0 Å². The fourth-order valence-corrected chi connectivity index (χ4v) is 5.12. The number of aryl methyl sites for hydroxylation is 2. The van der Waals surface area contributed by atoms with Crippen molar-refractivity contribution in [1.29, 1.82) is 0 Å². The Morgan fingerprint density at radius 1 is 0.659 bits per heavy atom. The Kier molecular flexibility index (Phi) is 7.42. The van der Waals surface area contributed by atoms with Crippen molar-refractivity contribution in [1.82, 2.24) is 40.6 Å². The van der Waals surface area contributed by atoms with Crippen molar-refractivity contribution in [3.8, 4) is 11.5 Å². The number of hydrogen-bond donors (Lipinski definition) is 2. The Labute approximate surface area is 250 Å². The molecule has 0 saturated heterocycles. The van der Waals surface area contributed by atoms with Gasteiger partial charge in [0.2, 0.25) is 0 Å². The average molecular weight is 589 g/mol. The molecule has 6 aromatic rings. The number of aromatic nitrogens is 8. The normalized spacial score (nSPS) is 13.1. The number of tetrazole rings is 2. The van der Waals surface area contributed by atoms with E-state index in [1.54, 1.807) is 62.4 Å². The van der Waals surface area contributed by atoms with Crippen LogP contribution in [0.4, 0.5) is 4.39 Å². The highest BCUT2D eigenvalue weighted by Crippen LogP contribution is 2.50. The molecule has 0 bridgehead atoms. The van der Waals surface area contributed by atoms with E-state index in [1.807, 2.05) is 30.3 Å². The quantitative estimate of drug-likeness (QED) is 0.200. The summed E-state index contributed by atoms with van der Waals surface area (Å²) < 4.78 is 14.2. The van der Waals surface area contributed by atoms with Crippen molar-refractivity contribution in [3.05, 3.63) is 142 Å². The van der Waals surface area contributed by atoms with E-state index in [-0.39, 0.29) is 11.5 Å². The van der Waals surface area contributed by atoms with Gasteiger partial charge in [0.05, 0.1) is 17.8 Å². The summed E-state index contributed by atoms with van der Waals surface area (Å²) in [5.74, 6) is 0.430. The van der Waals surface area contributed by atoms with E-state index in [0.29, 0.717) is 39.5 Å². The predicted molar refractivity (Wildman–Crippen MR) is 159 cm³/mol. The van der Waals surface area contributed by atoms with Gasteiger partial charge in [0.25, 0.3) is 0 Å². The van der Waals surface area contributed by atoms with Crippen molar-refractivity contribution in [2.75, 3.05) is 0 Å². The zero-order valence-corrected chi connectivity index (χ0v) is 23.6. The van der Waals surface area contributed by atoms with Crippen LogP contribution in [0, 0.1) is 19.7 Å². The third-order valence-corrected chi connectivity index (χ3v) is 7.18. The lowest BCUT2D eigenvalue weighted by Crippen LogP contribution is -2.31. The second-order valence-electron chi connectivity index (χ2n) is 9.90. The maximum atomic E-state index is 14.2. The smallest absolute Gasteiger partial charge is 0.173 e. The third kappa shape index (κ3) is 5.17. The lowest BCUT2D eigenvalue weighted by Gasteiger charge is -2.37. The highest BCUT2D eigenvalue weighted by Gasteiger charge is 2.42. The summed E-state index contributed by atoms with van der Waals surface area (Å²) in [4.78, 5) is 2.53. The molecule has 0 fully saturated rings. The van der Waals surface area contributed by atoms with Crippen LogP contribution in [0.5, 0.6) is 11.5 Å². The molecule has 0 spiro atoms. The van der Waals surface area contributed by atoms with E-state index in [2.05, 4.69) is 41.3 Å². The van der Waals surface area contributed by atoms with Crippen molar-refractivity contribution in [2.24, 2.45) is 10.2 Å². The molecule has 218 valence electrons. The van der Waals surface area contributed by atoms with E-state index < -0.39 is 11.2 Å². The van der Waals surface area contributed by atoms with Gasteiger partial charge in [-0.25, -0.2) is 4.39 Å². The lowest BCUT2D eigenvalue weighted by atomic mass is 9.64. The molecule has 0 aliphatic heterocycles. The van der Waals surface area contributed by atoms with Gasteiger partial charge in [0, 0.05) is 11.1 Å². The van der Waals surface area contributed by atoms with E-state index in [9.17, 15) is 14.6 Å². The Morgan fingerprint density at radius 2 is 1.14 bits per heavy atom. The minimum Gasteiger partial charge on any atom is -0.508 e. The molecule has 2 aromatic heterocycles. The summed E-state index contributed by atoms with van der Waals surface area (Å²) in [7, 11) is 0. The molecule has 0 amide bonds. The fourth-order valence-electron chi connectivity index (χ4n) is 5.12. The number of aromatic hydroxyl groups is 2. The number of phenolic OH excluding ortho intramolecular Hbond substituents is 2. The Hall–Kier alpha value is -6.11. The van der Waals surface area contributed by atoms with Crippen LogP contribution >= 0.6 is 0 Å². The SMILES string of the molecule is Cc1nnnn1N=Cc1ccc(C(c2ccccc2)(c2ccc(F)cc2)c2ccc(C=Nn3nnnc3C)cc2O)c(O)c1. The first-order valence-electron chi connectivity index (χ1n) is 13.4. The lowest BCUT2D eigenvalue weighted by molar-refractivity contribution is 0.447. The maximum absolute atomic E-state index is 14.2. The zero-order valence-electron chi connectivity index (χ0n) is 23.6. The number of nitrogens with zero attached hydrogens (tertiary/aromatic N) is 10. The maximum Gasteiger partial charge on any atom is 0.173 e. The molecule has 6 rings (SSSR count). The molecule has 0 atom stereocenters. The number of halogens is 1. The van der Waals surface area contributed by atoms with Crippen molar-refractivity contribution >= 4 is 12.4 Å². The second-order valence-corrected chi connectivity index (χ2v) is 9.90. The molecule has 0 radical (unpaired) electrons. The van der Waals surface area contributed by atoms with Crippen LogP contribution in [-0.4, -0.2) is 63.3 Å². The van der Waals surface area contributed by atoms with Crippen LogP contribution in [-0.2, 0) is 5.41 Å². The monoisotopic (exact) mass is 588 g/mol. The van der Waals surface area contributed by atoms with Crippen molar-refractivity contribution < 1.29 is 14.6 Å². The summed E-state index contributed by atoms with van der Waals surface area (Å²) in [6, 6.07) is 25.6. The van der Waals surface area contributed by atoms with Gasteiger partial charge in [-0.15, -0.1) is 19.8 Å². The largest absolute Gasteiger partial charge is 0.508 e. The van der Waals surface area contributed by atoms with Gasteiger partial charge in [-0.2, -0.15) is 10.2 Å². The van der Waals surface area contributed by atoms with Gasteiger partial charge in [-0.3, -0.25) is 0 Å². The van der Waals surface area contributed by atoms with Crippen LogP contribution in [0.2, 0.25) is 0 Å². The standard InChI is InChI=1S/C31H25FN10O2/c1-20-35-37-39-41(20)33-18-22-8-14-27(29(43)16-22)31(24-6-4-3-5-7-24,25-10-12-26(32)13-11-25)28-15-9-23(17-30(28)44)19-34-42-21(2)36-38-40-42/h3-19,43-44H,1-2H3. The van der Waals surface area contributed by atoms with Gasteiger partial charge in [0.15, 0.2) is 11.6 Å². The van der Waals surface area contributed by atoms with E-state index in [1.165, 1.54) is 34.1 Å². The predicted octanol–water partition coefficient (Wildman–Crippen LogP) is 3.97. The highest BCUT2D eigenvalue weighted by atomic mass is 19.1. The summed E-state index contributed by atoms with van der Waals surface area (Å²) in [5.41, 5.74) is 2.14. The van der Waals surface area contributed by atoms with Crippen molar-refractivity contribution in [3.63, 3.8) is 0 Å². The molecule has 12 nitrogen and oxygen atoms in total. The molecule has 2 N–H and O–H groups in total. The first-order valence-corrected chi connectivity index (χ1v) is 13.4. The molecule has 4 aromatic carbocycles. The molecular weight excluding hydrogens is 563 g/mol. The summed E-state index contributed by atoms with van der Waals surface area (Å²) in [5, 5.41) is 54.2. The van der Waals surface area contributed by atoms with Crippen LogP contribution < -0.4 is 0 Å². The molecule has 44 heavy (non-hydrogen) atoms. The molecule has 0 aliphatic rings. The third-order valence-electron chi connectivity index (χ3n) is 7.18. The van der Waals surface area contributed by atoms with E-state index in [0.717, 1.165) is 5.56 Å². The Balaban J connectivity index is 1.55. The van der Waals surface area contributed by atoms with Crippen molar-refractivity contribution in [2.45, 2.75) is 19.3 Å². The van der Waals surface area contributed by atoms with Gasteiger partial charge in [-0.1, -0.05) is 66.7 Å². The first-order chi connectivity index (χ1) is 21.4.